The van der Waals surface area contributed by atoms with E-state index in [9.17, 15) is 4.79 Å². The Bertz CT molecular complexity index is 847. The van der Waals surface area contributed by atoms with Crippen LogP contribution in [-0.2, 0) is 9.53 Å². The molecule has 0 amide bonds. The largest absolute Gasteiger partial charge is 0.496 e. The Morgan fingerprint density at radius 2 is 2.23 bits per heavy atom. The first-order chi connectivity index (χ1) is 12.6. The van der Waals surface area contributed by atoms with Crippen molar-refractivity contribution < 1.29 is 14.3 Å². The Hall–Kier alpha value is -2.35. The van der Waals surface area contributed by atoms with E-state index in [0.717, 1.165) is 22.9 Å². The van der Waals surface area contributed by atoms with Gasteiger partial charge in [-0.2, -0.15) is 10.1 Å². The van der Waals surface area contributed by atoms with Crippen molar-refractivity contribution in [3.63, 3.8) is 0 Å². The van der Waals surface area contributed by atoms with E-state index in [0.29, 0.717) is 29.6 Å². The number of rotatable bonds is 6. The average molecular weight is 421 g/mol. The normalized spacial score (nSPS) is 16.1. The third-order valence-electron chi connectivity index (χ3n) is 4.24. The lowest BCUT2D eigenvalue weighted by Gasteiger charge is -2.28. The number of hydrogen-bond donors (Lipinski definition) is 1. The minimum atomic E-state index is -0.426. The van der Waals surface area contributed by atoms with Crippen molar-refractivity contribution in [2.45, 2.75) is 32.7 Å². The van der Waals surface area contributed by atoms with Gasteiger partial charge < -0.3 is 14.8 Å². The number of fused-ring (bicyclic) bond motifs is 1. The van der Waals surface area contributed by atoms with E-state index in [1.165, 1.54) is 6.33 Å². The Morgan fingerprint density at radius 3 is 2.92 bits per heavy atom. The predicted molar refractivity (Wildman–Crippen MR) is 101 cm³/mol. The molecule has 1 aromatic carbocycles. The summed E-state index contributed by atoms with van der Waals surface area (Å²) < 4.78 is 13.3. The highest BCUT2D eigenvalue weighted by Gasteiger charge is 2.34. The number of ether oxygens (including phenoxy) is 2. The molecule has 0 spiro atoms. The topological polar surface area (TPSA) is 78.3 Å². The van der Waals surface area contributed by atoms with Crippen molar-refractivity contribution in [3.05, 3.63) is 45.8 Å². The molecule has 0 radical (unpaired) electrons. The second-order valence-corrected chi connectivity index (χ2v) is 6.83. The molecule has 26 heavy (non-hydrogen) atoms. The highest BCUT2D eigenvalue weighted by Crippen LogP contribution is 2.37. The van der Waals surface area contributed by atoms with E-state index >= 15 is 0 Å². The molecular weight excluding hydrogens is 400 g/mol. The van der Waals surface area contributed by atoms with Crippen LogP contribution in [0.5, 0.6) is 5.75 Å². The first-order valence-corrected chi connectivity index (χ1v) is 9.24. The lowest BCUT2D eigenvalue weighted by atomic mass is 9.95. The highest BCUT2D eigenvalue weighted by atomic mass is 79.9. The molecule has 2 aromatic rings. The lowest BCUT2D eigenvalue weighted by Crippen LogP contribution is -2.29. The van der Waals surface area contributed by atoms with Crippen LogP contribution in [0.3, 0.4) is 0 Å². The van der Waals surface area contributed by atoms with Gasteiger partial charge in [0.1, 0.15) is 18.1 Å². The molecule has 1 aliphatic rings. The van der Waals surface area contributed by atoms with Gasteiger partial charge >= 0.3 is 5.97 Å². The Morgan fingerprint density at radius 1 is 1.42 bits per heavy atom. The zero-order valence-corrected chi connectivity index (χ0v) is 16.5. The summed E-state index contributed by atoms with van der Waals surface area (Å²) in [6.07, 6.45) is 3.26. The molecule has 1 aliphatic heterocycles. The van der Waals surface area contributed by atoms with Gasteiger partial charge in [-0.05, 0) is 47.0 Å². The van der Waals surface area contributed by atoms with Crippen LogP contribution in [0.1, 0.15) is 38.3 Å². The Labute approximate surface area is 160 Å². The highest BCUT2D eigenvalue weighted by molar-refractivity contribution is 9.10. The third-order valence-corrected chi connectivity index (χ3v) is 4.86. The summed E-state index contributed by atoms with van der Waals surface area (Å²) in [4.78, 5) is 17.0. The van der Waals surface area contributed by atoms with Crippen LogP contribution in [0.4, 0.5) is 5.95 Å². The maximum absolute atomic E-state index is 12.8. The Balaban J connectivity index is 2.03. The molecule has 1 aromatic heterocycles. The van der Waals surface area contributed by atoms with Crippen LogP contribution in [-0.4, -0.2) is 34.5 Å². The Kier molecular flexibility index (Phi) is 5.61. The second-order valence-electron chi connectivity index (χ2n) is 5.98. The van der Waals surface area contributed by atoms with Crippen LogP contribution in [0.2, 0.25) is 0 Å². The zero-order chi connectivity index (χ0) is 18.7. The monoisotopic (exact) mass is 420 g/mol. The van der Waals surface area contributed by atoms with Gasteiger partial charge in [0.05, 0.1) is 23.8 Å². The number of carbonyl (C=O) groups excluding carboxylic acids is 1. The van der Waals surface area contributed by atoms with E-state index in [1.54, 1.807) is 11.8 Å². The summed E-state index contributed by atoms with van der Waals surface area (Å²) in [5.74, 6) is 0.959. The molecule has 0 saturated carbocycles. The maximum atomic E-state index is 12.8. The molecule has 3 rings (SSSR count). The van der Waals surface area contributed by atoms with Gasteiger partial charge in [0, 0.05) is 5.70 Å². The number of methoxy groups -OCH3 is 1. The molecule has 8 heteroatoms. The lowest BCUT2D eigenvalue weighted by molar-refractivity contribution is -0.139. The molecule has 0 aliphatic carbocycles. The number of hydrogen-bond acceptors (Lipinski definition) is 6. The number of aromatic nitrogens is 3. The van der Waals surface area contributed by atoms with E-state index in [1.807, 2.05) is 25.1 Å². The average Bonchev–Trinajstić information content (AvgIpc) is 3.08. The molecule has 138 valence electrons. The van der Waals surface area contributed by atoms with Crippen LogP contribution in [0.25, 0.3) is 0 Å². The summed E-state index contributed by atoms with van der Waals surface area (Å²) in [6.45, 7) is 4.30. The first-order valence-electron chi connectivity index (χ1n) is 8.44. The fraction of sp³-hybridized carbons (Fsp3) is 0.389. The smallest absolute Gasteiger partial charge is 0.338 e. The van der Waals surface area contributed by atoms with Crippen molar-refractivity contribution in [3.8, 4) is 5.75 Å². The number of allylic oxidation sites excluding steroid dienone is 1. The van der Waals surface area contributed by atoms with E-state index in [4.69, 9.17) is 9.47 Å². The summed E-state index contributed by atoms with van der Waals surface area (Å²) in [7, 11) is 1.61. The van der Waals surface area contributed by atoms with Crippen molar-refractivity contribution in [1.82, 2.24) is 14.8 Å². The molecule has 7 nitrogen and oxygen atoms in total. The number of carbonyl (C=O) groups is 1. The van der Waals surface area contributed by atoms with Gasteiger partial charge in [-0.1, -0.05) is 19.4 Å². The van der Waals surface area contributed by atoms with E-state index in [-0.39, 0.29) is 5.97 Å². The quantitative estimate of drug-likeness (QED) is 0.567. The van der Waals surface area contributed by atoms with E-state index < -0.39 is 6.04 Å². The third kappa shape index (κ3) is 3.46. The summed E-state index contributed by atoms with van der Waals surface area (Å²) in [5.41, 5.74) is 2.12. The van der Waals surface area contributed by atoms with Crippen molar-refractivity contribution in [2.24, 2.45) is 0 Å². The molecule has 0 bridgehead atoms. The molecule has 2 heterocycles. The minimum absolute atomic E-state index is 0.346. The summed E-state index contributed by atoms with van der Waals surface area (Å²) in [6, 6.07) is 5.27. The summed E-state index contributed by atoms with van der Waals surface area (Å²) in [5, 5.41) is 7.43. The van der Waals surface area contributed by atoms with Crippen molar-refractivity contribution >= 4 is 27.8 Å². The number of benzene rings is 1. The van der Waals surface area contributed by atoms with Gasteiger partial charge in [-0.15, -0.1) is 0 Å². The molecule has 1 atom stereocenters. The molecule has 1 unspecified atom stereocenters. The standard InChI is InChI=1S/C18H21BrN4O3/c1-4-5-8-26-17(24)15-11(2)22-18-20-10-21-23(18)16(15)12-6-7-14(25-3)13(19)9-12/h6-7,9-10,16H,4-5,8H2,1-3H3,(H,20,21,22). The zero-order valence-electron chi connectivity index (χ0n) is 15.0. The first kappa shape index (κ1) is 18.4. The second kappa shape index (κ2) is 7.90. The number of nitrogens with one attached hydrogen (secondary N) is 1. The number of halogens is 1. The number of unbranched alkanes of at least 4 members (excludes halogenated alkanes) is 1. The number of anilines is 1. The fourth-order valence-electron chi connectivity index (χ4n) is 2.90. The van der Waals surface area contributed by atoms with Gasteiger partial charge in [-0.25, -0.2) is 9.48 Å². The van der Waals surface area contributed by atoms with Crippen molar-refractivity contribution in [1.29, 1.82) is 0 Å². The van der Waals surface area contributed by atoms with Crippen LogP contribution in [0.15, 0.2) is 40.3 Å². The molecule has 0 fully saturated rings. The molecule has 0 saturated heterocycles. The van der Waals surface area contributed by atoms with Gasteiger partial charge in [-0.3, -0.25) is 0 Å². The van der Waals surface area contributed by atoms with Crippen LogP contribution in [0, 0.1) is 0 Å². The van der Waals surface area contributed by atoms with Gasteiger partial charge in [0.15, 0.2) is 0 Å². The fourth-order valence-corrected chi connectivity index (χ4v) is 3.46. The van der Waals surface area contributed by atoms with E-state index in [2.05, 4.69) is 38.3 Å². The SMILES string of the molecule is CCCCOC(=O)C1=C(C)Nc2ncnn2C1c1ccc(OC)c(Br)c1. The van der Waals surface area contributed by atoms with Crippen LogP contribution >= 0.6 is 15.9 Å². The minimum Gasteiger partial charge on any atom is -0.496 e. The van der Waals surface area contributed by atoms with Gasteiger partial charge in [0.2, 0.25) is 5.95 Å². The summed E-state index contributed by atoms with van der Waals surface area (Å²) >= 11 is 3.51. The number of esters is 1. The predicted octanol–water partition coefficient (Wildman–Crippen LogP) is 3.68. The molecular formula is C18H21BrN4O3. The van der Waals surface area contributed by atoms with Crippen molar-refractivity contribution in [2.75, 3.05) is 19.0 Å². The molecule has 1 N–H and O–H groups in total. The number of nitrogens with zero attached hydrogens (tertiary/aromatic N) is 3. The van der Waals surface area contributed by atoms with Crippen LogP contribution < -0.4 is 10.1 Å². The van der Waals surface area contributed by atoms with Gasteiger partial charge in [0.25, 0.3) is 0 Å². The maximum Gasteiger partial charge on any atom is 0.338 e.